The van der Waals surface area contributed by atoms with Gasteiger partial charge in [0, 0.05) is 11.1 Å². The molecule has 0 aliphatic rings. The van der Waals surface area contributed by atoms with Crippen LogP contribution >= 0.6 is 0 Å². The summed E-state index contributed by atoms with van der Waals surface area (Å²) in [4.78, 5) is 9.38. The Morgan fingerprint density at radius 2 is 1.00 bits per heavy atom. The first-order valence-electron chi connectivity index (χ1n) is 15.7. The van der Waals surface area contributed by atoms with Crippen LogP contribution in [0.25, 0.3) is 12.2 Å². The lowest BCUT2D eigenvalue weighted by Gasteiger charge is -2.06. The van der Waals surface area contributed by atoms with Crippen molar-refractivity contribution in [2.75, 3.05) is 0 Å². The Balaban J connectivity index is 0.000000235. The number of nitrogens with zero attached hydrogens (tertiary/aromatic N) is 2. The van der Waals surface area contributed by atoms with Crippen LogP contribution < -0.4 is 5.73 Å². The molecule has 0 radical (unpaired) electrons. The summed E-state index contributed by atoms with van der Waals surface area (Å²) in [5.41, 5.74) is 17.0. The molecule has 5 rings (SSSR count). The third-order valence-electron chi connectivity index (χ3n) is 7.09. The Kier molecular flexibility index (Phi) is 14.7. The normalized spacial score (nSPS) is 11.5. The number of amidine groups is 2. The van der Waals surface area contributed by atoms with Gasteiger partial charge in [-0.2, -0.15) is 0 Å². The van der Waals surface area contributed by atoms with Crippen LogP contribution in [0.4, 0.5) is 0 Å². The number of aryl methyl sites for hydroxylation is 4. The molecular formula is C43H47N3. The van der Waals surface area contributed by atoms with E-state index in [0.717, 1.165) is 11.1 Å². The first-order valence-corrected chi connectivity index (χ1v) is 15.7. The third kappa shape index (κ3) is 12.0. The zero-order valence-corrected chi connectivity index (χ0v) is 28.1. The van der Waals surface area contributed by atoms with Gasteiger partial charge < -0.3 is 5.73 Å². The van der Waals surface area contributed by atoms with Crippen molar-refractivity contribution in [1.29, 1.82) is 0 Å². The predicted octanol–water partition coefficient (Wildman–Crippen LogP) is 10.7. The molecule has 0 aliphatic heterocycles. The van der Waals surface area contributed by atoms with Crippen LogP contribution in [0.3, 0.4) is 0 Å². The molecule has 0 heterocycles. The van der Waals surface area contributed by atoms with Crippen LogP contribution in [0.5, 0.6) is 0 Å². The summed E-state index contributed by atoms with van der Waals surface area (Å²) in [5, 5.41) is 0. The number of rotatable bonds is 6. The number of aliphatic imine (C=N–C) groups is 2. The van der Waals surface area contributed by atoms with Crippen molar-refractivity contribution in [2.24, 2.45) is 15.7 Å². The van der Waals surface area contributed by atoms with E-state index < -0.39 is 0 Å². The van der Waals surface area contributed by atoms with E-state index in [1.54, 1.807) is 0 Å². The summed E-state index contributed by atoms with van der Waals surface area (Å²) >= 11 is 0. The smallest absolute Gasteiger partial charge is 0.157 e. The summed E-state index contributed by atoms with van der Waals surface area (Å²) in [5.74, 6) is 1.11. The van der Waals surface area contributed by atoms with Crippen LogP contribution in [0.1, 0.15) is 63.9 Å². The van der Waals surface area contributed by atoms with Gasteiger partial charge in [-0.15, -0.1) is 0 Å². The number of allylic oxidation sites excluding steroid dienone is 2. The molecule has 0 saturated carbocycles. The second kappa shape index (κ2) is 19.2. The SMILES string of the molecule is C/C=C\c1ccccc1C.C/C=C\c1ccccc1C.Cc1cc(C)cc(CN=C(N=C(N)c2ccccc2)c2ccccc2)c1. The standard InChI is InChI=1S/C23H23N3.2C10H12/c1-17-13-18(2)15-19(14-17)16-25-23(21-11-7-4-8-12-21)26-22(24)20-9-5-3-6-10-20;2*1-3-6-10-8-5-4-7-9(10)2/h3-15H,16H2,1-2H3,(H2,24,25,26);2*3-8H,1-2H3/b;2*6-3-. The molecule has 2 N–H and O–H groups in total. The maximum atomic E-state index is 6.22. The van der Waals surface area contributed by atoms with E-state index in [1.165, 1.54) is 38.9 Å². The minimum absolute atomic E-state index is 0.466. The molecule has 0 saturated heterocycles. The van der Waals surface area contributed by atoms with Crippen molar-refractivity contribution in [1.82, 2.24) is 0 Å². The highest BCUT2D eigenvalue weighted by molar-refractivity contribution is 6.10. The third-order valence-corrected chi connectivity index (χ3v) is 7.09. The molecule has 0 aromatic heterocycles. The van der Waals surface area contributed by atoms with Gasteiger partial charge in [0.1, 0.15) is 5.84 Å². The van der Waals surface area contributed by atoms with E-state index in [1.807, 2.05) is 74.5 Å². The number of hydrogen-bond donors (Lipinski definition) is 1. The number of nitrogens with two attached hydrogens (primary N) is 1. The quantitative estimate of drug-likeness (QED) is 0.152. The highest BCUT2D eigenvalue weighted by Crippen LogP contribution is 2.13. The van der Waals surface area contributed by atoms with Crippen molar-refractivity contribution in [3.63, 3.8) is 0 Å². The van der Waals surface area contributed by atoms with Crippen molar-refractivity contribution < 1.29 is 0 Å². The minimum Gasteiger partial charge on any atom is -0.383 e. The highest BCUT2D eigenvalue weighted by Gasteiger charge is 2.05. The fourth-order valence-corrected chi connectivity index (χ4v) is 4.80. The molecule has 0 amide bonds. The monoisotopic (exact) mass is 605 g/mol. The van der Waals surface area contributed by atoms with Crippen LogP contribution in [-0.4, -0.2) is 11.7 Å². The lowest BCUT2D eigenvalue weighted by atomic mass is 10.1. The van der Waals surface area contributed by atoms with Gasteiger partial charge in [-0.25, -0.2) is 4.99 Å². The van der Waals surface area contributed by atoms with E-state index in [2.05, 4.69) is 124 Å². The summed E-state index contributed by atoms with van der Waals surface area (Å²) in [6.07, 6.45) is 8.36. The molecule has 0 fully saturated rings. The molecule has 0 bridgehead atoms. The Morgan fingerprint density at radius 3 is 1.46 bits per heavy atom. The maximum absolute atomic E-state index is 6.22. The molecule has 234 valence electrons. The molecule has 0 aliphatic carbocycles. The second-order valence-electron chi connectivity index (χ2n) is 11.1. The average molecular weight is 606 g/mol. The Hall–Kier alpha value is -5.28. The van der Waals surface area contributed by atoms with Gasteiger partial charge in [0.15, 0.2) is 5.84 Å². The molecule has 5 aromatic rings. The largest absolute Gasteiger partial charge is 0.383 e. The topological polar surface area (TPSA) is 50.7 Å². The van der Waals surface area contributed by atoms with Gasteiger partial charge >= 0.3 is 0 Å². The van der Waals surface area contributed by atoms with E-state index in [9.17, 15) is 0 Å². The summed E-state index contributed by atoms with van der Waals surface area (Å²) in [6, 6.07) is 42.9. The molecule has 3 heteroatoms. The van der Waals surface area contributed by atoms with E-state index in [0.29, 0.717) is 18.2 Å². The maximum Gasteiger partial charge on any atom is 0.157 e. The molecule has 0 spiro atoms. The molecule has 3 nitrogen and oxygen atoms in total. The Morgan fingerprint density at radius 1 is 0.565 bits per heavy atom. The van der Waals surface area contributed by atoms with Crippen LogP contribution in [-0.2, 0) is 6.54 Å². The fraction of sp³-hybridized carbons (Fsp3) is 0.163. The van der Waals surface area contributed by atoms with Gasteiger partial charge in [-0.05, 0) is 69.4 Å². The lowest BCUT2D eigenvalue weighted by Crippen LogP contribution is -2.16. The lowest BCUT2D eigenvalue weighted by molar-refractivity contribution is 1.05. The van der Waals surface area contributed by atoms with Gasteiger partial charge in [-0.3, -0.25) is 4.99 Å². The van der Waals surface area contributed by atoms with Crippen molar-refractivity contribution in [3.8, 4) is 0 Å². The average Bonchev–Trinajstić information content (AvgIpc) is 3.06. The van der Waals surface area contributed by atoms with Gasteiger partial charge in [0.05, 0.1) is 6.54 Å². The zero-order valence-electron chi connectivity index (χ0n) is 28.1. The first-order chi connectivity index (χ1) is 22.3. The first kappa shape index (κ1) is 35.2. The van der Waals surface area contributed by atoms with Crippen molar-refractivity contribution in [2.45, 2.75) is 48.1 Å². The molecule has 46 heavy (non-hydrogen) atoms. The van der Waals surface area contributed by atoms with E-state index in [4.69, 9.17) is 10.7 Å². The predicted molar refractivity (Wildman–Crippen MR) is 202 cm³/mol. The van der Waals surface area contributed by atoms with Gasteiger partial charge in [0.2, 0.25) is 0 Å². The Labute approximate surface area is 276 Å². The molecular weight excluding hydrogens is 558 g/mol. The van der Waals surface area contributed by atoms with Gasteiger partial charge in [0.25, 0.3) is 0 Å². The highest BCUT2D eigenvalue weighted by atomic mass is 15.0. The summed E-state index contributed by atoms with van der Waals surface area (Å²) in [7, 11) is 0. The second-order valence-corrected chi connectivity index (χ2v) is 11.1. The number of benzene rings is 5. The van der Waals surface area contributed by atoms with E-state index in [-0.39, 0.29) is 0 Å². The zero-order chi connectivity index (χ0) is 33.1. The summed E-state index contributed by atoms with van der Waals surface area (Å²) in [6.45, 7) is 13.1. The molecule has 0 unspecified atom stereocenters. The fourth-order valence-electron chi connectivity index (χ4n) is 4.80. The van der Waals surface area contributed by atoms with Crippen LogP contribution in [0, 0.1) is 27.7 Å². The number of hydrogen-bond acceptors (Lipinski definition) is 1. The Bertz CT molecular complexity index is 1690. The molecule has 5 aromatic carbocycles. The van der Waals surface area contributed by atoms with Gasteiger partial charge in [-0.1, -0.05) is 163 Å². The molecule has 0 atom stereocenters. The minimum atomic E-state index is 0.466. The van der Waals surface area contributed by atoms with E-state index >= 15 is 0 Å². The van der Waals surface area contributed by atoms with Crippen molar-refractivity contribution >= 4 is 23.8 Å². The summed E-state index contributed by atoms with van der Waals surface area (Å²) < 4.78 is 0. The van der Waals surface area contributed by atoms with Crippen LogP contribution in [0.2, 0.25) is 0 Å². The van der Waals surface area contributed by atoms with Crippen molar-refractivity contribution in [3.05, 3.63) is 190 Å². The van der Waals surface area contributed by atoms with Crippen LogP contribution in [0.15, 0.2) is 150 Å².